The van der Waals surface area contributed by atoms with Gasteiger partial charge in [0.2, 0.25) is 0 Å². The Labute approximate surface area is 102 Å². The molecule has 0 fully saturated rings. The highest BCUT2D eigenvalue weighted by molar-refractivity contribution is 9.10. The fourth-order valence-corrected chi connectivity index (χ4v) is 2.26. The molecule has 0 unspecified atom stereocenters. The Balaban J connectivity index is 2.91. The summed E-state index contributed by atoms with van der Waals surface area (Å²) in [6, 6.07) is 5.39. The molecular weight excluding hydrogens is 276 g/mol. The lowest BCUT2D eigenvalue weighted by atomic mass is 10.1. The molecule has 1 aromatic carbocycles. The topological polar surface area (TPSA) is 37.3 Å². The van der Waals surface area contributed by atoms with Crippen molar-refractivity contribution in [2.24, 2.45) is 0 Å². The van der Waals surface area contributed by atoms with Crippen LogP contribution in [0.1, 0.15) is 29.8 Å². The van der Waals surface area contributed by atoms with Gasteiger partial charge in [-0.25, -0.2) is 4.79 Å². The molecule has 0 radical (unpaired) electrons. The van der Waals surface area contributed by atoms with Crippen LogP contribution < -0.4 is 0 Å². The molecular formula is C11H13BrO2S. The van der Waals surface area contributed by atoms with Gasteiger partial charge in [0, 0.05) is 10.2 Å². The lowest BCUT2D eigenvalue weighted by Crippen LogP contribution is -2.02. The molecule has 1 N–H and O–H groups in total. The molecule has 1 rings (SSSR count). The van der Waals surface area contributed by atoms with Crippen LogP contribution in [0.4, 0.5) is 0 Å². The van der Waals surface area contributed by atoms with E-state index in [1.54, 1.807) is 17.8 Å². The molecule has 4 heteroatoms. The second kappa shape index (κ2) is 5.56. The van der Waals surface area contributed by atoms with Crippen molar-refractivity contribution in [3.8, 4) is 0 Å². The van der Waals surface area contributed by atoms with Crippen LogP contribution in [0.5, 0.6) is 0 Å². The minimum atomic E-state index is -0.865. The smallest absolute Gasteiger partial charge is 0.336 e. The number of thioether (sulfide) groups is 1. The van der Waals surface area contributed by atoms with E-state index in [2.05, 4.69) is 29.8 Å². The maximum Gasteiger partial charge on any atom is 0.336 e. The van der Waals surface area contributed by atoms with E-state index in [1.807, 2.05) is 12.1 Å². The van der Waals surface area contributed by atoms with Crippen molar-refractivity contribution in [2.45, 2.75) is 24.9 Å². The Hall–Kier alpha value is -0.480. The van der Waals surface area contributed by atoms with Crippen molar-refractivity contribution in [3.05, 3.63) is 33.8 Å². The third-order valence-corrected chi connectivity index (χ3v) is 3.51. The summed E-state index contributed by atoms with van der Waals surface area (Å²) in [7, 11) is 0. The van der Waals surface area contributed by atoms with Gasteiger partial charge in [-0.05, 0) is 22.9 Å². The number of benzene rings is 1. The quantitative estimate of drug-likeness (QED) is 0.916. The Morgan fingerprint density at radius 3 is 2.73 bits per heavy atom. The molecule has 0 aliphatic carbocycles. The van der Waals surface area contributed by atoms with Gasteiger partial charge in [-0.3, -0.25) is 0 Å². The molecule has 15 heavy (non-hydrogen) atoms. The van der Waals surface area contributed by atoms with Crippen molar-refractivity contribution >= 4 is 33.7 Å². The second-order valence-electron chi connectivity index (χ2n) is 3.47. The number of aromatic carboxylic acids is 1. The number of hydrogen-bond donors (Lipinski definition) is 1. The highest BCUT2D eigenvalue weighted by Crippen LogP contribution is 2.23. The molecule has 0 amide bonds. The average Bonchev–Trinajstić information content (AvgIpc) is 2.15. The first-order valence-corrected chi connectivity index (χ1v) is 6.48. The minimum Gasteiger partial charge on any atom is -0.478 e. The van der Waals surface area contributed by atoms with E-state index >= 15 is 0 Å². The zero-order valence-corrected chi connectivity index (χ0v) is 11.1. The molecule has 1 aromatic rings. The average molecular weight is 289 g/mol. The van der Waals surface area contributed by atoms with Gasteiger partial charge in [-0.1, -0.05) is 35.8 Å². The summed E-state index contributed by atoms with van der Waals surface area (Å²) in [6.45, 7) is 4.20. The number of carboxylic acids is 1. The van der Waals surface area contributed by atoms with Gasteiger partial charge in [0.15, 0.2) is 0 Å². The Morgan fingerprint density at radius 2 is 2.20 bits per heavy atom. The monoisotopic (exact) mass is 288 g/mol. The highest BCUT2D eigenvalue weighted by Gasteiger charge is 2.10. The van der Waals surface area contributed by atoms with Crippen LogP contribution >= 0.6 is 27.7 Å². The van der Waals surface area contributed by atoms with Gasteiger partial charge in [0.05, 0.1) is 5.56 Å². The SMILES string of the molecule is CC(C)SCc1ccc(Br)cc1C(=O)O. The van der Waals surface area contributed by atoms with E-state index in [0.29, 0.717) is 10.8 Å². The van der Waals surface area contributed by atoms with Gasteiger partial charge >= 0.3 is 5.97 Å². The van der Waals surface area contributed by atoms with E-state index in [1.165, 1.54) is 0 Å². The van der Waals surface area contributed by atoms with Crippen LogP contribution in [0.15, 0.2) is 22.7 Å². The molecule has 0 aliphatic rings. The molecule has 82 valence electrons. The van der Waals surface area contributed by atoms with Gasteiger partial charge in [-0.15, -0.1) is 0 Å². The van der Waals surface area contributed by atoms with Gasteiger partial charge in [0.1, 0.15) is 0 Å². The Morgan fingerprint density at radius 1 is 1.53 bits per heavy atom. The van der Waals surface area contributed by atoms with Crippen molar-refractivity contribution in [1.82, 2.24) is 0 Å². The largest absolute Gasteiger partial charge is 0.478 e. The van der Waals surface area contributed by atoms with Crippen molar-refractivity contribution in [1.29, 1.82) is 0 Å². The highest BCUT2D eigenvalue weighted by atomic mass is 79.9. The van der Waals surface area contributed by atoms with E-state index in [0.717, 1.165) is 15.8 Å². The lowest BCUT2D eigenvalue weighted by Gasteiger charge is -2.08. The first kappa shape index (κ1) is 12.6. The van der Waals surface area contributed by atoms with Crippen LogP contribution in [0, 0.1) is 0 Å². The first-order valence-electron chi connectivity index (χ1n) is 4.64. The van der Waals surface area contributed by atoms with Crippen LogP contribution in [-0.2, 0) is 5.75 Å². The number of carboxylic acid groups (broad SMARTS) is 1. The summed E-state index contributed by atoms with van der Waals surface area (Å²) in [6.07, 6.45) is 0. The molecule has 0 bridgehead atoms. The maximum atomic E-state index is 11.0. The van der Waals surface area contributed by atoms with Crippen LogP contribution in [0.3, 0.4) is 0 Å². The molecule has 0 heterocycles. The van der Waals surface area contributed by atoms with Gasteiger partial charge in [0.25, 0.3) is 0 Å². The summed E-state index contributed by atoms with van der Waals surface area (Å²) in [4.78, 5) is 11.0. The zero-order valence-electron chi connectivity index (χ0n) is 8.66. The Kier molecular flexibility index (Phi) is 4.67. The van der Waals surface area contributed by atoms with Crippen molar-refractivity contribution in [2.75, 3.05) is 0 Å². The predicted molar refractivity (Wildman–Crippen MR) is 67.5 cm³/mol. The first-order chi connectivity index (χ1) is 7.00. The standard InChI is InChI=1S/C11H13BrO2S/c1-7(2)15-6-8-3-4-9(12)5-10(8)11(13)14/h3-5,7H,6H2,1-2H3,(H,13,14). The third kappa shape index (κ3) is 3.87. The van der Waals surface area contributed by atoms with Crippen LogP contribution in [0.2, 0.25) is 0 Å². The normalized spacial score (nSPS) is 10.7. The molecule has 0 aliphatic heterocycles. The molecule has 0 atom stereocenters. The molecule has 0 saturated carbocycles. The lowest BCUT2D eigenvalue weighted by molar-refractivity contribution is 0.0696. The van der Waals surface area contributed by atoms with Crippen LogP contribution in [0.25, 0.3) is 0 Å². The summed E-state index contributed by atoms with van der Waals surface area (Å²) < 4.78 is 0.804. The van der Waals surface area contributed by atoms with Crippen molar-refractivity contribution < 1.29 is 9.90 Å². The fourth-order valence-electron chi connectivity index (χ4n) is 1.13. The summed E-state index contributed by atoms with van der Waals surface area (Å²) >= 11 is 5.02. The van der Waals surface area contributed by atoms with E-state index in [-0.39, 0.29) is 0 Å². The second-order valence-corrected chi connectivity index (χ2v) is 5.95. The minimum absolute atomic E-state index is 0.387. The molecule has 2 nitrogen and oxygen atoms in total. The number of rotatable bonds is 4. The molecule has 0 saturated heterocycles. The van der Waals surface area contributed by atoms with E-state index in [4.69, 9.17) is 5.11 Å². The van der Waals surface area contributed by atoms with Crippen molar-refractivity contribution in [3.63, 3.8) is 0 Å². The molecule has 0 spiro atoms. The zero-order chi connectivity index (χ0) is 11.4. The Bertz CT molecular complexity index is 364. The maximum absolute atomic E-state index is 11.0. The van der Waals surface area contributed by atoms with E-state index in [9.17, 15) is 4.79 Å². The summed E-state index contributed by atoms with van der Waals surface area (Å²) in [5.41, 5.74) is 1.27. The third-order valence-electron chi connectivity index (χ3n) is 1.87. The predicted octanol–water partition coefficient (Wildman–Crippen LogP) is 3.79. The fraction of sp³-hybridized carbons (Fsp3) is 0.364. The van der Waals surface area contributed by atoms with Gasteiger partial charge < -0.3 is 5.11 Å². The summed E-state index contributed by atoms with van der Waals surface area (Å²) in [5, 5.41) is 9.53. The number of hydrogen-bond acceptors (Lipinski definition) is 2. The number of halogens is 1. The van der Waals surface area contributed by atoms with Crippen LogP contribution in [-0.4, -0.2) is 16.3 Å². The molecule has 0 aromatic heterocycles. The number of carbonyl (C=O) groups is 1. The summed E-state index contributed by atoms with van der Waals surface area (Å²) in [5.74, 6) is -0.122. The van der Waals surface area contributed by atoms with Gasteiger partial charge in [-0.2, -0.15) is 11.8 Å². The van der Waals surface area contributed by atoms with E-state index < -0.39 is 5.97 Å².